The Morgan fingerprint density at radius 2 is 2.00 bits per heavy atom. The Kier molecular flexibility index (Phi) is 6.18. The summed E-state index contributed by atoms with van der Waals surface area (Å²) < 4.78 is 0. The van der Waals surface area contributed by atoms with E-state index in [1.165, 1.54) is 0 Å². The summed E-state index contributed by atoms with van der Waals surface area (Å²) in [4.78, 5) is 37.0. The summed E-state index contributed by atoms with van der Waals surface area (Å²) in [6.07, 6.45) is 0.839. The van der Waals surface area contributed by atoms with Gasteiger partial charge in [0.25, 0.3) is 0 Å². The van der Waals surface area contributed by atoms with Gasteiger partial charge in [0.15, 0.2) is 0 Å². The number of nitrogens with one attached hydrogen (secondary N) is 1. The highest BCUT2D eigenvalue weighted by Gasteiger charge is 2.36. The molecule has 1 aliphatic heterocycles. The zero-order valence-electron chi connectivity index (χ0n) is 13.3. The standard InChI is InChI=1S/C15H26N2O4/c1-5-10(4)13(15(20)21)16-14(19)11-6-12(18)17(8-11)7-9(2)3/h9-11,13H,5-8H2,1-4H3,(H,16,19)(H,20,21)/t10-,11?,13-/m0/s1. The molecule has 0 saturated carbocycles. The van der Waals surface area contributed by atoms with Crippen LogP contribution in [0.3, 0.4) is 0 Å². The number of rotatable bonds is 7. The normalized spacial score (nSPS) is 21.5. The quantitative estimate of drug-likeness (QED) is 0.737. The van der Waals surface area contributed by atoms with Crippen LogP contribution in [0.25, 0.3) is 0 Å². The van der Waals surface area contributed by atoms with Gasteiger partial charge in [-0.3, -0.25) is 9.59 Å². The van der Waals surface area contributed by atoms with Crippen LogP contribution in [0.4, 0.5) is 0 Å². The molecule has 1 aliphatic rings. The van der Waals surface area contributed by atoms with E-state index in [9.17, 15) is 19.5 Å². The lowest BCUT2D eigenvalue weighted by molar-refractivity contribution is -0.143. The van der Waals surface area contributed by atoms with Crippen molar-refractivity contribution in [2.75, 3.05) is 13.1 Å². The number of carboxylic acids is 1. The van der Waals surface area contributed by atoms with Gasteiger partial charge in [-0.1, -0.05) is 34.1 Å². The first-order valence-electron chi connectivity index (χ1n) is 7.57. The summed E-state index contributed by atoms with van der Waals surface area (Å²) in [5, 5.41) is 11.8. The van der Waals surface area contributed by atoms with Crippen LogP contribution in [0.5, 0.6) is 0 Å². The minimum absolute atomic E-state index is 0.0285. The van der Waals surface area contributed by atoms with E-state index < -0.39 is 17.9 Å². The monoisotopic (exact) mass is 298 g/mol. The van der Waals surface area contributed by atoms with E-state index in [1.54, 1.807) is 11.8 Å². The maximum atomic E-state index is 12.2. The molecule has 1 fully saturated rings. The zero-order chi connectivity index (χ0) is 16.2. The van der Waals surface area contributed by atoms with Crippen LogP contribution in [0, 0.1) is 17.8 Å². The van der Waals surface area contributed by atoms with Crippen molar-refractivity contribution in [2.24, 2.45) is 17.8 Å². The van der Waals surface area contributed by atoms with E-state index in [0.717, 1.165) is 0 Å². The molecule has 3 atom stereocenters. The molecular weight excluding hydrogens is 272 g/mol. The lowest BCUT2D eigenvalue weighted by atomic mass is 9.98. The molecule has 0 bridgehead atoms. The van der Waals surface area contributed by atoms with Crippen molar-refractivity contribution >= 4 is 17.8 Å². The Hall–Kier alpha value is -1.59. The fourth-order valence-corrected chi connectivity index (χ4v) is 2.52. The summed E-state index contributed by atoms with van der Waals surface area (Å²) in [6.45, 7) is 8.74. The first kappa shape index (κ1) is 17.5. The van der Waals surface area contributed by atoms with Crippen LogP contribution < -0.4 is 5.32 Å². The van der Waals surface area contributed by atoms with Crippen LogP contribution in [0.1, 0.15) is 40.5 Å². The first-order valence-corrected chi connectivity index (χ1v) is 7.57. The van der Waals surface area contributed by atoms with E-state index >= 15 is 0 Å². The number of likely N-dealkylation sites (tertiary alicyclic amines) is 1. The molecule has 0 aliphatic carbocycles. The molecule has 0 aromatic carbocycles. The largest absolute Gasteiger partial charge is 0.480 e. The number of aliphatic carboxylic acids is 1. The Morgan fingerprint density at radius 3 is 2.48 bits per heavy atom. The number of carboxylic acid groups (broad SMARTS) is 1. The fourth-order valence-electron chi connectivity index (χ4n) is 2.52. The van der Waals surface area contributed by atoms with Crippen molar-refractivity contribution in [3.8, 4) is 0 Å². The number of carbonyl (C=O) groups is 3. The Morgan fingerprint density at radius 1 is 1.38 bits per heavy atom. The highest BCUT2D eigenvalue weighted by atomic mass is 16.4. The second-order valence-corrected chi connectivity index (χ2v) is 6.30. The molecule has 0 aromatic rings. The van der Waals surface area contributed by atoms with Crippen LogP contribution in [-0.2, 0) is 14.4 Å². The predicted molar refractivity (Wildman–Crippen MR) is 78.5 cm³/mol. The topological polar surface area (TPSA) is 86.7 Å². The lowest BCUT2D eigenvalue weighted by Crippen LogP contribution is -2.47. The van der Waals surface area contributed by atoms with E-state index in [2.05, 4.69) is 5.32 Å². The third kappa shape index (κ3) is 4.72. The molecule has 2 N–H and O–H groups in total. The third-order valence-electron chi connectivity index (χ3n) is 3.95. The van der Waals surface area contributed by atoms with E-state index in [0.29, 0.717) is 25.4 Å². The number of amides is 2. The molecule has 2 amide bonds. The van der Waals surface area contributed by atoms with Crippen LogP contribution >= 0.6 is 0 Å². The highest BCUT2D eigenvalue weighted by Crippen LogP contribution is 2.20. The fraction of sp³-hybridized carbons (Fsp3) is 0.800. The van der Waals surface area contributed by atoms with Crippen molar-refractivity contribution in [3.63, 3.8) is 0 Å². The van der Waals surface area contributed by atoms with Gasteiger partial charge < -0.3 is 15.3 Å². The molecule has 1 rings (SSSR count). The molecule has 120 valence electrons. The molecule has 0 aromatic heterocycles. The van der Waals surface area contributed by atoms with Gasteiger partial charge in [-0.2, -0.15) is 0 Å². The van der Waals surface area contributed by atoms with Crippen molar-refractivity contribution in [1.82, 2.24) is 10.2 Å². The molecule has 0 radical (unpaired) electrons. The molecular formula is C15H26N2O4. The summed E-state index contributed by atoms with van der Waals surface area (Å²) in [7, 11) is 0. The highest BCUT2D eigenvalue weighted by molar-refractivity contribution is 5.91. The average molecular weight is 298 g/mol. The first-order chi connectivity index (χ1) is 9.76. The molecule has 1 saturated heterocycles. The van der Waals surface area contributed by atoms with Gasteiger partial charge in [0.1, 0.15) is 6.04 Å². The maximum Gasteiger partial charge on any atom is 0.326 e. The van der Waals surface area contributed by atoms with Crippen molar-refractivity contribution in [3.05, 3.63) is 0 Å². The van der Waals surface area contributed by atoms with E-state index in [-0.39, 0.29) is 24.2 Å². The molecule has 21 heavy (non-hydrogen) atoms. The minimum Gasteiger partial charge on any atom is -0.480 e. The smallest absolute Gasteiger partial charge is 0.326 e. The van der Waals surface area contributed by atoms with Gasteiger partial charge in [0.2, 0.25) is 11.8 Å². The van der Waals surface area contributed by atoms with Crippen LogP contribution in [-0.4, -0.2) is 46.9 Å². The number of nitrogens with zero attached hydrogens (tertiary/aromatic N) is 1. The molecule has 1 heterocycles. The van der Waals surface area contributed by atoms with Gasteiger partial charge in [0, 0.05) is 19.5 Å². The summed E-state index contributed by atoms with van der Waals surface area (Å²) in [5.41, 5.74) is 0. The van der Waals surface area contributed by atoms with Crippen LogP contribution in [0.15, 0.2) is 0 Å². The summed E-state index contributed by atoms with van der Waals surface area (Å²) in [5.74, 6) is -1.62. The Bertz CT molecular complexity index is 408. The maximum absolute atomic E-state index is 12.2. The molecule has 1 unspecified atom stereocenters. The summed E-state index contributed by atoms with van der Waals surface area (Å²) in [6, 6.07) is -0.892. The van der Waals surface area contributed by atoms with Gasteiger partial charge in [-0.15, -0.1) is 0 Å². The lowest BCUT2D eigenvalue weighted by Gasteiger charge is -2.22. The minimum atomic E-state index is -1.03. The van der Waals surface area contributed by atoms with Crippen LogP contribution in [0.2, 0.25) is 0 Å². The summed E-state index contributed by atoms with van der Waals surface area (Å²) >= 11 is 0. The number of hydrogen-bond donors (Lipinski definition) is 2. The molecule has 6 heteroatoms. The zero-order valence-corrected chi connectivity index (χ0v) is 13.3. The van der Waals surface area contributed by atoms with Crippen molar-refractivity contribution < 1.29 is 19.5 Å². The molecule has 0 spiro atoms. The average Bonchev–Trinajstić information content (AvgIpc) is 2.75. The predicted octanol–water partition coefficient (Wildman–Crippen LogP) is 1.11. The van der Waals surface area contributed by atoms with E-state index in [1.807, 2.05) is 20.8 Å². The van der Waals surface area contributed by atoms with Gasteiger partial charge >= 0.3 is 5.97 Å². The number of hydrogen-bond acceptors (Lipinski definition) is 3. The SMILES string of the molecule is CC[C@H](C)[C@H](NC(=O)C1CC(=O)N(CC(C)C)C1)C(=O)O. The van der Waals surface area contributed by atoms with Crippen molar-refractivity contribution in [1.29, 1.82) is 0 Å². The van der Waals surface area contributed by atoms with E-state index in [4.69, 9.17) is 0 Å². The third-order valence-corrected chi connectivity index (χ3v) is 3.95. The second kappa shape index (κ2) is 7.43. The van der Waals surface area contributed by atoms with Gasteiger partial charge in [0.05, 0.1) is 5.92 Å². The Labute approximate surface area is 125 Å². The van der Waals surface area contributed by atoms with Crippen molar-refractivity contribution in [2.45, 2.75) is 46.6 Å². The van der Waals surface area contributed by atoms with Gasteiger partial charge in [-0.25, -0.2) is 4.79 Å². The second-order valence-electron chi connectivity index (χ2n) is 6.30. The Balaban J connectivity index is 2.63. The molecule has 6 nitrogen and oxygen atoms in total. The number of carbonyl (C=O) groups excluding carboxylic acids is 2. The van der Waals surface area contributed by atoms with Gasteiger partial charge in [-0.05, 0) is 11.8 Å².